The van der Waals surface area contributed by atoms with Crippen LogP contribution in [0.4, 0.5) is 0 Å². The summed E-state index contributed by atoms with van der Waals surface area (Å²) in [6.07, 6.45) is 0. The Morgan fingerprint density at radius 2 is 2.58 bits per heavy atom. The van der Waals surface area contributed by atoms with E-state index in [2.05, 4.69) is 9.69 Å². The first-order valence-corrected chi connectivity index (χ1v) is 4.41. The standard InChI is InChI=1S/C7H10N2O2S/c1-2-8-4-5-3-6(7(10)11)9-12-5/h3,8H,2,4H2,1H3,(H,10,11). The first kappa shape index (κ1) is 9.15. The Morgan fingerprint density at radius 1 is 1.83 bits per heavy atom. The van der Waals surface area contributed by atoms with E-state index in [0.717, 1.165) is 11.4 Å². The molecule has 1 aromatic rings. The van der Waals surface area contributed by atoms with Crippen LogP contribution in [0.3, 0.4) is 0 Å². The van der Waals surface area contributed by atoms with Gasteiger partial charge in [-0.05, 0) is 24.1 Å². The number of hydrogen-bond acceptors (Lipinski definition) is 4. The van der Waals surface area contributed by atoms with Crippen LogP contribution >= 0.6 is 11.5 Å². The lowest BCUT2D eigenvalue weighted by Crippen LogP contribution is -2.10. The molecule has 2 N–H and O–H groups in total. The van der Waals surface area contributed by atoms with Crippen LogP contribution in [0.1, 0.15) is 22.3 Å². The van der Waals surface area contributed by atoms with E-state index in [1.807, 2.05) is 6.92 Å². The summed E-state index contributed by atoms with van der Waals surface area (Å²) < 4.78 is 3.77. The van der Waals surface area contributed by atoms with E-state index >= 15 is 0 Å². The summed E-state index contributed by atoms with van der Waals surface area (Å²) in [7, 11) is 0. The Labute approximate surface area is 74.4 Å². The minimum Gasteiger partial charge on any atom is -0.476 e. The molecule has 0 amide bonds. The number of carbonyl (C=O) groups is 1. The molecular formula is C7H10N2O2S. The molecule has 0 fully saturated rings. The Kier molecular flexibility index (Phi) is 3.19. The van der Waals surface area contributed by atoms with Crippen molar-refractivity contribution in [1.29, 1.82) is 0 Å². The summed E-state index contributed by atoms with van der Waals surface area (Å²) >= 11 is 1.22. The van der Waals surface area contributed by atoms with Crippen LogP contribution in [0.2, 0.25) is 0 Å². The summed E-state index contributed by atoms with van der Waals surface area (Å²) in [5, 5.41) is 11.6. The van der Waals surface area contributed by atoms with E-state index in [1.54, 1.807) is 6.07 Å². The Hall–Kier alpha value is -0.940. The molecule has 0 atom stereocenters. The van der Waals surface area contributed by atoms with Crippen molar-refractivity contribution < 1.29 is 9.90 Å². The molecule has 66 valence electrons. The molecule has 1 heterocycles. The van der Waals surface area contributed by atoms with Crippen LogP contribution in [-0.4, -0.2) is 22.0 Å². The largest absolute Gasteiger partial charge is 0.476 e. The fourth-order valence-electron chi connectivity index (χ4n) is 0.745. The van der Waals surface area contributed by atoms with Gasteiger partial charge in [0, 0.05) is 11.4 Å². The first-order chi connectivity index (χ1) is 5.74. The lowest BCUT2D eigenvalue weighted by atomic mass is 10.4. The van der Waals surface area contributed by atoms with Crippen molar-refractivity contribution in [2.75, 3.05) is 6.54 Å². The van der Waals surface area contributed by atoms with Gasteiger partial charge in [-0.15, -0.1) is 0 Å². The predicted molar refractivity (Wildman–Crippen MR) is 46.5 cm³/mol. The van der Waals surface area contributed by atoms with Crippen molar-refractivity contribution in [2.45, 2.75) is 13.5 Å². The maximum Gasteiger partial charge on any atom is 0.355 e. The fraction of sp³-hybridized carbons (Fsp3) is 0.429. The molecule has 5 heteroatoms. The highest BCUT2D eigenvalue weighted by Crippen LogP contribution is 2.09. The second-order valence-electron chi connectivity index (χ2n) is 2.26. The number of nitrogens with one attached hydrogen (secondary N) is 1. The maximum absolute atomic E-state index is 10.4. The zero-order valence-electron chi connectivity index (χ0n) is 6.70. The van der Waals surface area contributed by atoms with Crippen LogP contribution < -0.4 is 5.32 Å². The van der Waals surface area contributed by atoms with Crippen molar-refractivity contribution in [1.82, 2.24) is 9.69 Å². The summed E-state index contributed by atoms with van der Waals surface area (Å²) in [6, 6.07) is 1.59. The number of aromatic nitrogens is 1. The Morgan fingerprint density at radius 3 is 3.08 bits per heavy atom. The van der Waals surface area contributed by atoms with Gasteiger partial charge in [0.05, 0.1) is 0 Å². The van der Waals surface area contributed by atoms with E-state index in [1.165, 1.54) is 11.5 Å². The van der Waals surface area contributed by atoms with E-state index < -0.39 is 5.97 Å². The maximum atomic E-state index is 10.4. The van der Waals surface area contributed by atoms with Gasteiger partial charge >= 0.3 is 5.97 Å². The molecule has 0 saturated carbocycles. The van der Waals surface area contributed by atoms with Crippen molar-refractivity contribution in [3.05, 3.63) is 16.6 Å². The second kappa shape index (κ2) is 4.18. The minimum absolute atomic E-state index is 0.132. The van der Waals surface area contributed by atoms with Gasteiger partial charge in [0.25, 0.3) is 0 Å². The molecule has 12 heavy (non-hydrogen) atoms. The molecule has 0 aliphatic carbocycles. The van der Waals surface area contributed by atoms with E-state index in [-0.39, 0.29) is 5.69 Å². The average Bonchev–Trinajstić information content (AvgIpc) is 2.48. The molecule has 0 saturated heterocycles. The van der Waals surface area contributed by atoms with Gasteiger partial charge in [-0.25, -0.2) is 4.79 Å². The number of carboxylic acids is 1. The zero-order valence-corrected chi connectivity index (χ0v) is 7.52. The molecule has 0 aliphatic rings. The van der Waals surface area contributed by atoms with Crippen molar-refractivity contribution in [3.63, 3.8) is 0 Å². The van der Waals surface area contributed by atoms with Gasteiger partial charge in [-0.2, -0.15) is 4.37 Å². The SMILES string of the molecule is CCNCc1cc(C(=O)O)ns1. The highest BCUT2D eigenvalue weighted by molar-refractivity contribution is 7.05. The molecule has 0 spiro atoms. The molecule has 0 aliphatic heterocycles. The minimum atomic E-state index is -0.964. The summed E-state index contributed by atoms with van der Waals surface area (Å²) in [5.41, 5.74) is 0.132. The molecule has 4 nitrogen and oxygen atoms in total. The van der Waals surface area contributed by atoms with Crippen molar-refractivity contribution in [3.8, 4) is 0 Å². The van der Waals surface area contributed by atoms with Crippen molar-refractivity contribution >= 4 is 17.5 Å². The van der Waals surface area contributed by atoms with E-state index in [9.17, 15) is 4.79 Å². The van der Waals surface area contributed by atoms with Crippen LogP contribution in [0.5, 0.6) is 0 Å². The summed E-state index contributed by atoms with van der Waals surface area (Å²) in [6.45, 7) is 3.57. The highest BCUT2D eigenvalue weighted by atomic mass is 32.1. The number of carboxylic acid groups (broad SMARTS) is 1. The Balaban J connectivity index is 2.58. The molecule has 0 aromatic carbocycles. The van der Waals surface area contributed by atoms with Crippen LogP contribution in [0.25, 0.3) is 0 Å². The van der Waals surface area contributed by atoms with E-state index in [4.69, 9.17) is 5.11 Å². The third-order valence-corrected chi connectivity index (χ3v) is 2.11. The first-order valence-electron chi connectivity index (χ1n) is 3.63. The van der Waals surface area contributed by atoms with Gasteiger partial charge in [0.1, 0.15) is 0 Å². The average molecular weight is 186 g/mol. The van der Waals surface area contributed by atoms with Crippen LogP contribution in [0.15, 0.2) is 6.07 Å². The topological polar surface area (TPSA) is 62.2 Å². The lowest BCUT2D eigenvalue weighted by Gasteiger charge is -1.94. The molecule has 0 bridgehead atoms. The predicted octanol–water partition coefficient (Wildman–Crippen LogP) is 0.951. The number of rotatable bonds is 4. The zero-order chi connectivity index (χ0) is 8.97. The normalized spacial score (nSPS) is 10.1. The lowest BCUT2D eigenvalue weighted by molar-refractivity contribution is 0.0692. The number of hydrogen-bond donors (Lipinski definition) is 2. The smallest absolute Gasteiger partial charge is 0.355 e. The van der Waals surface area contributed by atoms with Gasteiger partial charge in [0.15, 0.2) is 5.69 Å². The Bertz CT molecular complexity index is 272. The van der Waals surface area contributed by atoms with Crippen LogP contribution in [0, 0.1) is 0 Å². The third kappa shape index (κ3) is 2.28. The van der Waals surface area contributed by atoms with Gasteiger partial charge < -0.3 is 10.4 Å². The summed E-state index contributed by atoms with van der Waals surface area (Å²) in [5.74, 6) is -0.964. The number of aromatic carboxylic acids is 1. The van der Waals surface area contributed by atoms with Gasteiger partial charge in [-0.1, -0.05) is 6.92 Å². The molecule has 1 rings (SSSR count). The van der Waals surface area contributed by atoms with Gasteiger partial charge in [0.2, 0.25) is 0 Å². The second-order valence-corrected chi connectivity index (χ2v) is 3.15. The molecule has 1 aromatic heterocycles. The highest BCUT2D eigenvalue weighted by Gasteiger charge is 2.07. The molecule has 0 radical (unpaired) electrons. The van der Waals surface area contributed by atoms with Gasteiger partial charge in [-0.3, -0.25) is 0 Å². The summed E-state index contributed by atoms with van der Waals surface area (Å²) in [4.78, 5) is 11.4. The number of nitrogens with zero attached hydrogens (tertiary/aromatic N) is 1. The quantitative estimate of drug-likeness (QED) is 0.735. The van der Waals surface area contributed by atoms with Crippen LogP contribution in [-0.2, 0) is 6.54 Å². The molecular weight excluding hydrogens is 176 g/mol. The monoisotopic (exact) mass is 186 g/mol. The fourth-order valence-corrected chi connectivity index (χ4v) is 1.42. The third-order valence-electron chi connectivity index (χ3n) is 1.33. The molecule has 0 unspecified atom stereocenters. The van der Waals surface area contributed by atoms with E-state index in [0.29, 0.717) is 6.54 Å². The van der Waals surface area contributed by atoms with Crippen molar-refractivity contribution in [2.24, 2.45) is 0 Å².